The molecule has 0 amide bonds. The van der Waals surface area contributed by atoms with Crippen molar-refractivity contribution in [2.24, 2.45) is 5.92 Å². The molecule has 1 aromatic rings. The average Bonchev–Trinajstić information content (AvgIpc) is 2.86. The maximum atomic E-state index is 10.3. The van der Waals surface area contributed by atoms with E-state index in [9.17, 15) is 5.11 Å². The van der Waals surface area contributed by atoms with E-state index in [1.807, 2.05) is 4.68 Å². The van der Waals surface area contributed by atoms with Crippen molar-refractivity contribution in [3.63, 3.8) is 0 Å². The van der Waals surface area contributed by atoms with E-state index in [1.165, 1.54) is 0 Å². The van der Waals surface area contributed by atoms with Crippen LogP contribution in [-0.2, 0) is 4.74 Å². The summed E-state index contributed by atoms with van der Waals surface area (Å²) in [6.45, 7) is 5.72. The zero-order valence-corrected chi connectivity index (χ0v) is 11.9. The highest BCUT2D eigenvalue weighted by Crippen LogP contribution is 2.31. The third-order valence-electron chi connectivity index (χ3n) is 3.17. The zero-order chi connectivity index (χ0) is 12.4. The predicted octanol–water partition coefficient (Wildman–Crippen LogP) is 2.69. The summed E-state index contributed by atoms with van der Waals surface area (Å²) in [5.41, 5.74) is 0.881. The molecule has 1 fully saturated rings. The monoisotopic (exact) mass is 302 g/mol. The van der Waals surface area contributed by atoms with E-state index in [-0.39, 0.29) is 6.04 Å². The van der Waals surface area contributed by atoms with Crippen molar-refractivity contribution >= 4 is 15.9 Å². The zero-order valence-electron chi connectivity index (χ0n) is 10.3. The summed E-state index contributed by atoms with van der Waals surface area (Å²) >= 11 is 3.46. The molecular weight excluding hydrogens is 284 g/mol. The SMILES string of the molecule is CC(C)n1ncc(Br)c1C(O)CC1CCOC1. The smallest absolute Gasteiger partial charge is 0.0971 e. The Balaban J connectivity index is 2.11. The fourth-order valence-electron chi connectivity index (χ4n) is 2.27. The van der Waals surface area contributed by atoms with Crippen molar-refractivity contribution in [2.75, 3.05) is 13.2 Å². The van der Waals surface area contributed by atoms with E-state index in [0.717, 1.165) is 36.2 Å². The van der Waals surface area contributed by atoms with Crippen LogP contribution in [0.4, 0.5) is 0 Å². The lowest BCUT2D eigenvalue weighted by molar-refractivity contribution is 0.120. The molecule has 96 valence electrons. The van der Waals surface area contributed by atoms with E-state index < -0.39 is 6.10 Å². The first kappa shape index (κ1) is 13.1. The molecule has 0 spiro atoms. The molecule has 2 heterocycles. The van der Waals surface area contributed by atoms with Crippen LogP contribution in [0.3, 0.4) is 0 Å². The second kappa shape index (κ2) is 5.50. The minimum absolute atomic E-state index is 0.255. The predicted molar refractivity (Wildman–Crippen MR) is 68.8 cm³/mol. The van der Waals surface area contributed by atoms with Crippen molar-refractivity contribution in [3.05, 3.63) is 16.4 Å². The van der Waals surface area contributed by atoms with Crippen LogP contribution in [0.5, 0.6) is 0 Å². The first-order valence-corrected chi connectivity index (χ1v) is 6.87. The number of hydrogen-bond acceptors (Lipinski definition) is 3. The summed E-state index contributed by atoms with van der Waals surface area (Å²) in [6.07, 6.45) is 3.08. The summed E-state index contributed by atoms with van der Waals surface area (Å²) in [5.74, 6) is 0.465. The molecular formula is C12H19BrN2O2. The third kappa shape index (κ3) is 2.89. The Morgan fingerprint density at radius 2 is 2.41 bits per heavy atom. The van der Waals surface area contributed by atoms with Crippen LogP contribution in [0.15, 0.2) is 10.7 Å². The van der Waals surface area contributed by atoms with Gasteiger partial charge in [-0.15, -0.1) is 0 Å². The van der Waals surface area contributed by atoms with Gasteiger partial charge in [-0.3, -0.25) is 4.68 Å². The van der Waals surface area contributed by atoms with Crippen molar-refractivity contribution in [1.29, 1.82) is 0 Å². The van der Waals surface area contributed by atoms with Gasteiger partial charge in [0.05, 0.1) is 22.5 Å². The molecule has 0 aliphatic carbocycles. The average molecular weight is 303 g/mol. The molecule has 1 aliphatic heterocycles. The van der Waals surface area contributed by atoms with Crippen LogP contribution in [0.1, 0.15) is 44.5 Å². The van der Waals surface area contributed by atoms with Gasteiger partial charge in [0, 0.05) is 19.3 Å². The maximum Gasteiger partial charge on any atom is 0.0971 e. The lowest BCUT2D eigenvalue weighted by Gasteiger charge is -2.18. The van der Waals surface area contributed by atoms with Gasteiger partial charge in [-0.25, -0.2) is 0 Å². The minimum Gasteiger partial charge on any atom is -0.387 e. The molecule has 5 heteroatoms. The van der Waals surface area contributed by atoms with Gasteiger partial charge >= 0.3 is 0 Å². The molecule has 0 saturated carbocycles. The number of nitrogens with zero attached hydrogens (tertiary/aromatic N) is 2. The highest BCUT2D eigenvalue weighted by atomic mass is 79.9. The van der Waals surface area contributed by atoms with E-state index in [2.05, 4.69) is 34.9 Å². The number of ether oxygens (including phenoxy) is 1. The lowest BCUT2D eigenvalue weighted by Crippen LogP contribution is -2.14. The molecule has 17 heavy (non-hydrogen) atoms. The first-order valence-electron chi connectivity index (χ1n) is 6.08. The highest BCUT2D eigenvalue weighted by molar-refractivity contribution is 9.10. The number of rotatable bonds is 4. The fourth-order valence-corrected chi connectivity index (χ4v) is 2.81. The van der Waals surface area contributed by atoms with E-state index >= 15 is 0 Å². The van der Waals surface area contributed by atoms with Crippen molar-refractivity contribution in [3.8, 4) is 0 Å². The second-order valence-electron chi connectivity index (χ2n) is 4.90. The summed E-state index contributed by atoms with van der Waals surface area (Å²) < 4.78 is 8.10. The Kier molecular flexibility index (Phi) is 4.22. The molecule has 4 nitrogen and oxygen atoms in total. The topological polar surface area (TPSA) is 47.3 Å². The Labute approximate surface area is 110 Å². The fraction of sp³-hybridized carbons (Fsp3) is 0.750. The van der Waals surface area contributed by atoms with Gasteiger partial charge in [-0.05, 0) is 48.5 Å². The molecule has 1 N–H and O–H groups in total. The molecule has 0 radical (unpaired) electrons. The summed E-state index contributed by atoms with van der Waals surface area (Å²) in [4.78, 5) is 0. The number of halogens is 1. The Bertz CT molecular complexity index is 373. The van der Waals surface area contributed by atoms with E-state index in [4.69, 9.17) is 4.74 Å². The lowest BCUT2D eigenvalue weighted by atomic mass is 9.99. The van der Waals surface area contributed by atoms with Crippen LogP contribution >= 0.6 is 15.9 Å². The maximum absolute atomic E-state index is 10.3. The van der Waals surface area contributed by atoms with Crippen LogP contribution in [-0.4, -0.2) is 28.1 Å². The number of aromatic nitrogens is 2. The van der Waals surface area contributed by atoms with Crippen molar-refractivity contribution in [2.45, 2.75) is 38.8 Å². The third-order valence-corrected chi connectivity index (χ3v) is 3.78. The van der Waals surface area contributed by atoms with Gasteiger partial charge < -0.3 is 9.84 Å². The molecule has 2 unspecified atom stereocenters. The Morgan fingerprint density at radius 1 is 1.65 bits per heavy atom. The molecule has 0 aromatic carbocycles. The van der Waals surface area contributed by atoms with Gasteiger partial charge in [-0.1, -0.05) is 0 Å². The van der Waals surface area contributed by atoms with Crippen molar-refractivity contribution in [1.82, 2.24) is 9.78 Å². The normalized spacial score (nSPS) is 22.3. The first-order chi connectivity index (χ1) is 8.09. The van der Waals surface area contributed by atoms with Gasteiger partial charge in [0.2, 0.25) is 0 Å². The van der Waals surface area contributed by atoms with E-state index in [1.54, 1.807) is 6.20 Å². The number of aliphatic hydroxyl groups excluding tert-OH is 1. The largest absolute Gasteiger partial charge is 0.387 e. The highest BCUT2D eigenvalue weighted by Gasteiger charge is 2.25. The molecule has 2 atom stereocenters. The van der Waals surface area contributed by atoms with Gasteiger partial charge in [0.1, 0.15) is 0 Å². The van der Waals surface area contributed by atoms with Gasteiger partial charge in [0.25, 0.3) is 0 Å². The van der Waals surface area contributed by atoms with E-state index in [0.29, 0.717) is 5.92 Å². The van der Waals surface area contributed by atoms with Gasteiger partial charge in [0.15, 0.2) is 0 Å². The molecule has 2 rings (SSSR count). The minimum atomic E-state index is -0.471. The molecule has 1 saturated heterocycles. The summed E-state index contributed by atoms with van der Waals surface area (Å²) in [5, 5.41) is 14.6. The summed E-state index contributed by atoms with van der Waals surface area (Å²) in [6, 6.07) is 0.255. The Hall–Kier alpha value is -0.390. The summed E-state index contributed by atoms with van der Waals surface area (Å²) in [7, 11) is 0. The van der Waals surface area contributed by atoms with Crippen LogP contribution in [0.2, 0.25) is 0 Å². The Morgan fingerprint density at radius 3 is 3.00 bits per heavy atom. The molecule has 1 aliphatic rings. The van der Waals surface area contributed by atoms with Crippen LogP contribution < -0.4 is 0 Å². The van der Waals surface area contributed by atoms with Crippen LogP contribution in [0, 0.1) is 5.92 Å². The quantitative estimate of drug-likeness (QED) is 0.930. The van der Waals surface area contributed by atoms with Crippen molar-refractivity contribution < 1.29 is 9.84 Å². The van der Waals surface area contributed by atoms with Crippen LogP contribution in [0.25, 0.3) is 0 Å². The number of hydrogen-bond donors (Lipinski definition) is 1. The molecule has 0 bridgehead atoms. The second-order valence-corrected chi connectivity index (χ2v) is 5.75. The standard InChI is InChI=1S/C12H19BrN2O2/c1-8(2)15-12(10(13)6-14-15)11(16)5-9-3-4-17-7-9/h6,8-9,11,16H,3-5,7H2,1-2H3. The number of aliphatic hydroxyl groups is 1. The molecule has 1 aromatic heterocycles. The van der Waals surface area contributed by atoms with Gasteiger partial charge in [-0.2, -0.15) is 5.10 Å².